The van der Waals surface area contributed by atoms with Crippen LogP contribution in [0.5, 0.6) is 0 Å². The second-order valence-corrected chi connectivity index (χ2v) is 5.81. The fraction of sp³-hybridized carbons (Fsp3) is 0.0588. The van der Waals surface area contributed by atoms with Gasteiger partial charge >= 0.3 is 0 Å². The van der Waals surface area contributed by atoms with Crippen molar-refractivity contribution < 1.29 is 0 Å². The van der Waals surface area contributed by atoms with E-state index in [1.165, 1.54) is 10.1 Å². The van der Waals surface area contributed by atoms with Crippen molar-refractivity contribution in [3.8, 4) is 11.3 Å². The summed E-state index contributed by atoms with van der Waals surface area (Å²) < 4.78 is 1.24. The van der Waals surface area contributed by atoms with Gasteiger partial charge in [0.25, 0.3) is 0 Å². The summed E-state index contributed by atoms with van der Waals surface area (Å²) >= 11 is 1.71. The van der Waals surface area contributed by atoms with Crippen LogP contribution in [-0.4, -0.2) is 9.97 Å². The molecule has 0 saturated heterocycles. The van der Waals surface area contributed by atoms with E-state index in [-0.39, 0.29) is 0 Å². The normalized spacial score (nSPS) is 11.2. The second-order valence-electron chi connectivity index (χ2n) is 4.78. The first-order chi connectivity index (χ1) is 9.83. The fourth-order valence-corrected chi connectivity index (χ4v) is 3.53. The molecular weight excluding hydrogens is 264 g/mol. The number of fused-ring (bicyclic) bond motifs is 3. The van der Waals surface area contributed by atoms with Crippen molar-refractivity contribution in [2.75, 3.05) is 0 Å². The molecule has 2 aromatic heterocycles. The summed E-state index contributed by atoms with van der Waals surface area (Å²) in [6.45, 7) is 2.03. The van der Waals surface area contributed by atoms with Crippen molar-refractivity contribution in [1.29, 1.82) is 0 Å². The standard InChI is InChI=1S/C17H12N2S/c1-11-15(12-7-3-2-4-8-12)19-16-13-9-5-6-10-14(13)20-17(16)18-11/h2-10H,1H3. The molecule has 0 spiro atoms. The Bertz CT molecular complexity index is 910. The number of aryl methyl sites for hydroxylation is 1. The van der Waals surface area contributed by atoms with Gasteiger partial charge in [-0.25, -0.2) is 9.97 Å². The molecule has 0 bridgehead atoms. The lowest BCUT2D eigenvalue weighted by molar-refractivity contribution is 1.20. The monoisotopic (exact) mass is 276 g/mol. The molecule has 0 atom stereocenters. The van der Waals surface area contributed by atoms with Crippen molar-refractivity contribution in [2.24, 2.45) is 0 Å². The molecule has 0 saturated carbocycles. The van der Waals surface area contributed by atoms with Crippen LogP contribution in [0.4, 0.5) is 0 Å². The third kappa shape index (κ3) is 1.71. The lowest BCUT2D eigenvalue weighted by Crippen LogP contribution is -1.92. The molecule has 0 aliphatic carbocycles. The molecule has 0 unspecified atom stereocenters. The van der Waals surface area contributed by atoms with Gasteiger partial charge < -0.3 is 0 Å². The van der Waals surface area contributed by atoms with Gasteiger partial charge in [0.15, 0.2) is 0 Å². The molecule has 2 aromatic carbocycles. The van der Waals surface area contributed by atoms with Crippen LogP contribution in [0.15, 0.2) is 54.6 Å². The molecule has 0 amide bonds. The zero-order chi connectivity index (χ0) is 13.5. The minimum absolute atomic E-state index is 0.974. The van der Waals surface area contributed by atoms with E-state index in [2.05, 4.69) is 36.4 Å². The van der Waals surface area contributed by atoms with Crippen molar-refractivity contribution in [3.63, 3.8) is 0 Å². The van der Waals surface area contributed by atoms with Crippen molar-refractivity contribution in [3.05, 3.63) is 60.3 Å². The molecule has 0 aliphatic heterocycles. The molecule has 96 valence electrons. The molecule has 4 aromatic rings. The molecule has 20 heavy (non-hydrogen) atoms. The fourth-order valence-electron chi connectivity index (χ4n) is 2.47. The van der Waals surface area contributed by atoms with E-state index < -0.39 is 0 Å². The van der Waals surface area contributed by atoms with Gasteiger partial charge in [-0.2, -0.15) is 0 Å². The van der Waals surface area contributed by atoms with Crippen LogP contribution in [0.25, 0.3) is 31.7 Å². The van der Waals surface area contributed by atoms with Gasteiger partial charge in [-0.3, -0.25) is 0 Å². The molecule has 0 aliphatic rings. The number of benzene rings is 2. The second kappa shape index (κ2) is 4.39. The maximum atomic E-state index is 4.88. The Kier molecular flexibility index (Phi) is 2.54. The van der Waals surface area contributed by atoms with E-state index in [0.717, 1.165) is 27.3 Å². The summed E-state index contributed by atoms with van der Waals surface area (Å²) in [5, 5.41) is 1.19. The molecule has 0 N–H and O–H groups in total. The third-order valence-corrected chi connectivity index (χ3v) is 4.49. The highest BCUT2D eigenvalue weighted by atomic mass is 32.1. The first kappa shape index (κ1) is 11.6. The van der Waals surface area contributed by atoms with Crippen LogP contribution >= 0.6 is 11.3 Å². The highest BCUT2D eigenvalue weighted by molar-refractivity contribution is 7.25. The highest BCUT2D eigenvalue weighted by Gasteiger charge is 2.11. The van der Waals surface area contributed by atoms with Gasteiger partial charge in [-0.15, -0.1) is 11.3 Å². The first-order valence-electron chi connectivity index (χ1n) is 6.54. The van der Waals surface area contributed by atoms with Gasteiger partial charge in [0.05, 0.1) is 11.4 Å². The Morgan fingerprint density at radius 2 is 1.60 bits per heavy atom. The quantitative estimate of drug-likeness (QED) is 0.498. The zero-order valence-corrected chi connectivity index (χ0v) is 11.8. The smallest absolute Gasteiger partial charge is 0.143 e. The number of rotatable bonds is 1. The predicted octanol–water partition coefficient (Wildman–Crippen LogP) is 4.82. The van der Waals surface area contributed by atoms with E-state index in [1.807, 2.05) is 25.1 Å². The predicted molar refractivity (Wildman–Crippen MR) is 85.1 cm³/mol. The van der Waals surface area contributed by atoms with Crippen molar-refractivity contribution >= 4 is 31.8 Å². The summed E-state index contributed by atoms with van der Waals surface area (Å²) in [5.41, 5.74) is 4.08. The lowest BCUT2D eigenvalue weighted by Gasteiger charge is -2.04. The SMILES string of the molecule is Cc1nc2sc3ccccc3c2nc1-c1ccccc1. The lowest BCUT2D eigenvalue weighted by atomic mass is 10.1. The van der Waals surface area contributed by atoms with Gasteiger partial charge in [-0.1, -0.05) is 48.5 Å². The van der Waals surface area contributed by atoms with Gasteiger partial charge in [0.2, 0.25) is 0 Å². The molecule has 0 radical (unpaired) electrons. The van der Waals surface area contributed by atoms with Gasteiger partial charge in [-0.05, 0) is 13.0 Å². The van der Waals surface area contributed by atoms with Crippen molar-refractivity contribution in [2.45, 2.75) is 6.92 Å². The Labute approximate surface area is 120 Å². The molecule has 2 nitrogen and oxygen atoms in total. The van der Waals surface area contributed by atoms with E-state index in [1.54, 1.807) is 11.3 Å². The first-order valence-corrected chi connectivity index (χ1v) is 7.36. The topological polar surface area (TPSA) is 25.8 Å². The summed E-state index contributed by atoms with van der Waals surface area (Å²) in [7, 11) is 0. The Morgan fingerprint density at radius 1 is 0.850 bits per heavy atom. The van der Waals surface area contributed by atoms with Crippen LogP contribution in [-0.2, 0) is 0 Å². The highest BCUT2D eigenvalue weighted by Crippen LogP contribution is 2.33. The summed E-state index contributed by atoms with van der Waals surface area (Å²) in [6, 6.07) is 18.6. The number of hydrogen-bond donors (Lipinski definition) is 0. The molecule has 3 heteroatoms. The number of hydrogen-bond acceptors (Lipinski definition) is 3. The summed E-state index contributed by atoms with van der Waals surface area (Å²) in [5.74, 6) is 0. The third-order valence-electron chi connectivity index (χ3n) is 3.43. The van der Waals surface area contributed by atoms with E-state index in [9.17, 15) is 0 Å². The number of nitrogens with zero attached hydrogens (tertiary/aromatic N) is 2. The van der Waals surface area contributed by atoms with Gasteiger partial charge in [0, 0.05) is 15.6 Å². The van der Waals surface area contributed by atoms with Crippen LogP contribution in [0, 0.1) is 6.92 Å². The maximum Gasteiger partial charge on any atom is 0.143 e. The minimum Gasteiger partial charge on any atom is -0.243 e. The van der Waals surface area contributed by atoms with Crippen LogP contribution in [0.3, 0.4) is 0 Å². The largest absolute Gasteiger partial charge is 0.243 e. The Morgan fingerprint density at radius 3 is 2.45 bits per heavy atom. The molecular formula is C17H12N2S. The van der Waals surface area contributed by atoms with Crippen LogP contribution in [0.2, 0.25) is 0 Å². The molecule has 0 fully saturated rings. The van der Waals surface area contributed by atoms with E-state index >= 15 is 0 Å². The summed E-state index contributed by atoms with van der Waals surface area (Å²) in [6.07, 6.45) is 0. The van der Waals surface area contributed by atoms with Gasteiger partial charge in [0.1, 0.15) is 10.3 Å². The Balaban J connectivity index is 2.08. The minimum atomic E-state index is 0.974. The average molecular weight is 276 g/mol. The zero-order valence-electron chi connectivity index (χ0n) is 11.0. The van der Waals surface area contributed by atoms with E-state index in [4.69, 9.17) is 9.97 Å². The Hall–Kier alpha value is -2.26. The molecule has 2 heterocycles. The van der Waals surface area contributed by atoms with Crippen LogP contribution < -0.4 is 0 Å². The van der Waals surface area contributed by atoms with Crippen molar-refractivity contribution in [1.82, 2.24) is 9.97 Å². The van der Waals surface area contributed by atoms with Crippen LogP contribution in [0.1, 0.15) is 5.69 Å². The molecule has 4 rings (SSSR count). The summed E-state index contributed by atoms with van der Waals surface area (Å²) in [4.78, 5) is 10.6. The number of aromatic nitrogens is 2. The van der Waals surface area contributed by atoms with E-state index in [0.29, 0.717) is 0 Å². The average Bonchev–Trinajstić information content (AvgIpc) is 2.84. The number of thiophene rings is 1. The maximum absolute atomic E-state index is 4.88.